The first-order valence-corrected chi connectivity index (χ1v) is 19.2. The summed E-state index contributed by atoms with van der Waals surface area (Å²) >= 11 is 0. The Labute approximate surface area is 214 Å². The Balaban J connectivity index is 2.34. The van der Waals surface area contributed by atoms with Crippen molar-refractivity contribution in [2.24, 2.45) is 0 Å². The summed E-state index contributed by atoms with van der Waals surface area (Å²) in [6.07, 6.45) is 11.8. The molecule has 0 spiro atoms. The zero-order valence-corrected chi connectivity index (χ0v) is 26.2. The SMILES string of the molecule is CC(C)(C)[Si](C)(C)OCCCC/C=C\CCCCN(Cc1ccccc1)O[Si](C)(C)C(C)(C)C. The first kappa shape index (κ1) is 31.3. The molecule has 0 bridgehead atoms. The van der Waals surface area contributed by atoms with Crippen LogP contribution in [-0.4, -0.2) is 34.8 Å². The van der Waals surface area contributed by atoms with Crippen molar-refractivity contribution in [1.82, 2.24) is 5.06 Å². The Morgan fingerprint density at radius 3 is 1.79 bits per heavy atom. The van der Waals surface area contributed by atoms with Crippen molar-refractivity contribution in [3.63, 3.8) is 0 Å². The first-order valence-electron chi connectivity index (χ1n) is 13.4. The number of nitrogens with zero attached hydrogens (tertiary/aromatic N) is 1. The highest BCUT2D eigenvalue weighted by molar-refractivity contribution is 6.74. The molecule has 1 aromatic carbocycles. The second kappa shape index (κ2) is 14.1. The summed E-state index contributed by atoms with van der Waals surface area (Å²) in [6.45, 7) is 26.0. The summed E-state index contributed by atoms with van der Waals surface area (Å²) in [5, 5.41) is 2.75. The molecule has 0 heterocycles. The van der Waals surface area contributed by atoms with Crippen LogP contribution in [0.25, 0.3) is 0 Å². The minimum atomic E-state index is -1.84. The van der Waals surface area contributed by atoms with Gasteiger partial charge in [-0.1, -0.05) is 84.0 Å². The van der Waals surface area contributed by atoms with E-state index in [2.05, 4.69) is 115 Å². The van der Waals surface area contributed by atoms with E-state index < -0.39 is 16.6 Å². The van der Waals surface area contributed by atoms with E-state index in [1.807, 2.05) is 0 Å². The van der Waals surface area contributed by atoms with Crippen molar-refractivity contribution in [2.75, 3.05) is 13.2 Å². The van der Waals surface area contributed by atoms with Gasteiger partial charge in [0.1, 0.15) is 0 Å². The molecule has 3 nitrogen and oxygen atoms in total. The summed E-state index contributed by atoms with van der Waals surface area (Å²) < 4.78 is 13.0. The molecule has 0 saturated heterocycles. The number of rotatable bonds is 15. The lowest BCUT2D eigenvalue weighted by Crippen LogP contribution is -2.46. The van der Waals surface area contributed by atoms with Gasteiger partial charge in [-0.25, -0.2) is 0 Å². The van der Waals surface area contributed by atoms with Crippen molar-refractivity contribution in [2.45, 2.75) is 123 Å². The molecule has 0 atom stereocenters. The summed E-state index contributed by atoms with van der Waals surface area (Å²) in [6, 6.07) is 10.7. The number of hydrogen-bond acceptors (Lipinski definition) is 3. The summed E-state index contributed by atoms with van der Waals surface area (Å²) in [7, 11) is -3.42. The molecule has 0 fully saturated rings. The van der Waals surface area contributed by atoms with Crippen molar-refractivity contribution < 1.29 is 8.95 Å². The van der Waals surface area contributed by atoms with Crippen LogP contribution in [0.5, 0.6) is 0 Å². The van der Waals surface area contributed by atoms with Crippen LogP contribution in [0, 0.1) is 0 Å². The van der Waals surface area contributed by atoms with E-state index in [1.54, 1.807) is 0 Å². The van der Waals surface area contributed by atoms with Gasteiger partial charge in [-0.2, -0.15) is 5.06 Å². The highest BCUT2D eigenvalue weighted by Gasteiger charge is 2.39. The number of unbranched alkanes of at least 4 members (excludes halogenated alkanes) is 4. The third kappa shape index (κ3) is 11.8. The number of allylic oxidation sites excluding steroid dienone is 2. The Bertz CT molecular complexity index is 703. The monoisotopic (exact) mass is 505 g/mol. The second-order valence-corrected chi connectivity index (χ2v) is 22.3. The molecular formula is C29H55NO2Si2. The zero-order chi connectivity index (χ0) is 25.9. The number of hydrogen-bond donors (Lipinski definition) is 0. The van der Waals surface area contributed by atoms with Crippen LogP contribution >= 0.6 is 0 Å². The van der Waals surface area contributed by atoms with Gasteiger partial charge in [-0.15, -0.1) is 0 Å². The maximum atomic E-state index is 6.68. The van der Waals surface area contributed by atoms with E-state index in [-0.39, 0.29) is 5.04 Å². The van der Waals surface area contributed by atoms with Crippen LogP contribution < -0.4 is 0 Å². The molecule has 0 aromatic heterocycles. The molecule has 0 saturated carbocycles. The van der Waals surface area contributed by atoms with Gasteiger partial charge in [0.15, 0.2) is 8.32 Å². The second-order valence-electron chi connectivity index (χ2n) is 12.8. The molecule has 5 heteroatoms. The topological polar surface area (TPSA) is 21.7 Å². The van der Waals surface area contributed by atoms with Gasteiger partial charge < -0.3 is 8.95 Å². The van der Waals surface area contributed by atoms with Crippen molar-refractivity contribution in [3.8, 4) is 0 Å². The quantitative estimate of drug-likeness (QED) is 0.103. The summed E-state index contributed by atoms with van der Waals surface area (Å²) in [4.78, 5) is 0. The lowest BCUT2D eigenvalue weighted by Gasteiger charge is -2.40. The van der Waals surface area contributed by atoms with Crippen molar-refractivity contribution in [1.29, 1.82) is 0 Å². The van der Waals surface area contributed by atoms with E-state index in [0.29, 0.717) is 5.04 Å². The lowest BCUT2D eigenvalue weighted by atomic mass is 10.2. The van der Waals surface area contributed by atoms with E-state index in [4.69, 9.17) is 8.95 Å². The van der Waals surface area contributed by atoms with Crippen LogP contribution in [-0.2, 0) is 15.5 Å². The molecule has 0 radical (unpaired) electrons. The molecule has 1 aromatic rings. The maximum Gasteiger partial charge on any atom is 0.220 e. The molecular weight excluding hydrogens is 450 g/mol. The van der Waals surface area contributed by atoms with Crippen molar-refractivity contribution in [3.05, 3.63) is 48.0 Å². The van der Waals surface area contributed by atoms with Gasteiger partial charge in [0, 0.05) is 19.7 Å². The van der Waals surface area contributed by atoms with Gasteiger partial charge in [0.05, 0.1) is 0 Å². The smallest absolute Gasteiger partial charge is 0.220 e. The molecule has 34 heavy (non-hydrogen) atoms. The fourth-order valence-electron chi connectivity index (χ4n) is 3.10. The average molecular weight is 506 g/mol. The van der Waals surface area contributed by atoms with Gasteiger partial charge in [-0.05, 0) is 80.4 Å². The highest BCUT2D eigenvalue weighted by atomic mass is 28.4. The average Bonchev–Trinajstić information content (AvgIpc) is 2.70. The van der Waals surface area contributed by atoms with Crippen LogP contribution in [0.2, 0.25) is 36.3 Å². The third-order valence-electron chi connectivity index (χ3n) is 7.59. The van der Waals surface area contributed by atoms with E-state index in [1.165, 1.54) is 18.4 Å². The molecule has 0 aliphatic carbocycles. The molecule has 1 rings (SSSR count). The largest absolute Gasteiger partial charge is 0.417 e. The van der Waals surface area contributed by atoms with E-state index in [9.17, 15) is 0 Å². The van der Waals surface area contributed by atoms with Crippen LogP contribution in [0.3, 0.4) is 0 Å². The standard InChI is InChI=1S/C29H55NO2Si2/c1-28(2,3)33(7,8)31-25-21-16-14-12-11-13-15-20-24-30(26-27-22-18-17-19-23-27)32-34(9,10)29(4,5)6/h11-12,17-19,22-23H,13-16,20-21,24-26H2,1-10H3/b12-11-. The third-order valence-corrected chi connectivity index (χ3v) is 16.5. The van der Waals surface area contributed by atoms with Crippen LogP contribution in [0.1, 0.15) is 85.6 Å². The number of benzene rings is 1. The molecule has 0 amide bonds. The van der Waals surface area contributed by atoms with Gasteiger partial charge in [0.2, 0.25) is 8.32 Å². The molecule has 0 aliphatic rings. The Morgan fingerprint density at radius 2 is 1.26 bits per heavy atom. The molecule has 0 aliphatic heterocycles. The first-order chi connectivity index (χ1) is 15.7. The van der Waals surface area contributed by atoms with Crippen LogP contribution in [0.4, 0.5) is 0 Å². The Hall–Kier alpha value is -0.726. The van der Waals surface area contributed by atoms with Gasteiger partial charge in [-0.3, -0.25) is 0 Å². The molecule has 196 valence electrons. The van der Waals surface area contributed by atoms with E-state index in [0.717, 1.165) is 45.4 Å². The normalized spacial score (nSPS) is 13.9. The minimum absolute atomic E-state index is 0.209. The van der Waals surface area contributed by atoms with Crippen LogP contribution in [0.15, 0.2) is 42.5 Å². The highest BCUT2D eigenvalue weighted by Crippen LogP contribution is 2.38. The van der Waals surface area contributed by atoms with E-state index >= 15 is 0 Å². The molecule has 0 unspecified atom stereocenters. The fraction of sp³-hybridized carbons (Fsp3) is 0.724. The zero-order valence-electron chi connectivity index (χ0n) is 24.2. The predicted octanol–water partition coefficient (Wildman–Crippen LogP) is 9.34. The van der Waals surface area contributed by atoms with Gasteiger partial charge in [0.25, 0.3) is 0 Å². The fourth-order valence-corrected chi connectivity index (χ4v) is 5.26. The molecule has 0 N–H and O–H groups in total. The van der Waals surface area contributed by atoms with Crippen molar-refractivity contribution >= 4 is 16.6 Å². The number of hydroxylamine groups is 2. The minimum Gasteiger partial charge on any atom is -0.417 e. The van der Waals surface area contributed by atoms with Gasteiger partial charge >= 0.3 is 0 Å². The predicted molar refractivity (Wildman–Crippen MR) is 155 cm³/mol. The maximum absolute atomic E-state index is 6.68. The lowest BCUT2D eigenvalue weighted by molar-refractivity contribution is -0.0826. The Kier molecular flexibility index (Phi) is 13.0. The Morgan fingerprint density at radius 1 is 0.735 bits per heavy atom. The summed E-state index contributed by atoms with van der Waals surface area (Å²) in [5.41, 5.74) is 1.32. The summed E-state index contributed by atoms with van der Waals surface area (Å²) in [5.74, 6) is 0.